The molecule has 0 amide bonds. The summed E-state index contributed by atoms with van der Waals surface area (Å²) >= 11 is 0. The predicted octanol–water partition coefficient (Wildman–Crippen LogP) is 3.07. The molecule has 80 valence electrons. The first-order chi connectivity index (χ1) is 6.77. The Morgan fingerprint density at radius 1 is 1.50 bits per heavy atom. The van der Waals surface area contributed by atoms with Crippen LogP contribution in [0.3, 0.4) is 0 Å². The van der Waals surface area contributed by atoms with Gasteiger partial charge in [0.1, 0.15) is 6.10 Å². The zero-order chi connectivity index (χ0) is 10.4. The summed E-state index contributed by atoms with van der Waals surface area (Å²) in [4.78, 5) is 11.2. The Bertz CT molecular complexity index is 192. The number of rotatable bonds is 4. The van der Waals surface area contributed by atoms with E-state index >= 15 is 0 Å². The van der Waals surface area contributed by atoms with Crippen LogP contribution >= 0.6 is 0 Å². The van der Waals surface area contributed by atoms with Gasteiger partial charge in [-0.15, -0.1) is 0 Å². The fourth-order valence-corrected chi connectivity index (χ4v) is 2.03. The number of ether oxygens (including phenoxy) is 1. The van der Waals surface area contributed by atoms with Crippen LogP contribution in [0.1, 0.15) is 45.4 Å². The van der Waals surface area contributed by atoms with Crippen molar-refractivity contribution < 1.29 is 9.53 Å². The fourth-order valence-electron chi connectivity index (χ4n) is 2.03. The smallest absolute Gasteiger partial charge is 0.306 e. The lowest BCUT2D eigenvalue weighted by molar-refractivity contribution is -0.149. The highest BCUT2D eigenvalue weighted by Gasteiger charge is 2.23. The molecule has 0 saturated heterocycles. The van der Waals surface area contributed by atoms with Crippen molar-refractivity contribution in [3.63, 3.8) is 0 Å². The lowest BCUT2D eigenvalue weighted by Gasteiger charge is -2.27. The molecule has 2 heteroatoms. The van der Waals surface area contributed by atoms with E-state index in [1.54, 1.807) is 6.08 Å². The SMILES string of the molecule is C=CC(OC(=O)CC)C1CCCCC1. The Kier molecular flexibility index (Phi) is 4.71. The highest BCUT2D eigenvalue weighted by atomic mass is 16.5. The van der Waals surface area contributed by atoms with Gasteiger partial charge in [0.05, 0.1) is 0 Å². The molecule has 1 rings (SSSR count). The molecule has 0 heterocycles. The first-order valence-electron chi connectivity index (χ1n) is 5.60. The van der Waals surface area contributed by atoms with E-state index in [9.17, 15) is 4.79 Å². The molecular weight excluding hydrogens is 176 g/mol. The third-order valence-electron chi connectivity index (χ3n) is 2.90. The van der Waals surface area contributed by atoms with E-state index in [1.807, 2.05) is 6.92 Å². The van der Waals surface area contributed by atoms with Gasteiger partial charge in [-0.05, 0) is 18.8 Å². The molecule has 2 nitrogen and oxygen atoms in total. The maximum absolute atomic E-state index is 11.2. The minimum Gasteiger partial charge on any atom is -0.458 e. The molecule has 0 aromatic rings. The van der Waals surface area contributed by atoms with E-state index in [-0.39, 0.29) is 12.1 Å². The Balaban J connectivity index is 2.43. The minimum atomic E-state index is -0.111. The van der Waals surface area contributed by atoms with Crippen LogP contribution in [0, 0.1) is 5.92 Å². The summed E-state index contributed by atoms with van der Waals surface area (Å²) in [5, 5.41) is 0. The highest BCUT2D eigenvalue weighted by molar-refractivity contribution is 5.69. The zero-order valence-corrected chi connectivity index (χ0v) is 9.00. The lowest BCUT2D eigenvalue weighted by Crippen LogP contribution is -2.26. The van der Waals surface area contributed by atoms with Crippen molar-refractivity contribution in [2.24, 2.45) is 5.92 Å². The van der Waals surface area contributed by atoms with Gasteiger partial charge in [0.2, 0.25) is 0 Å². The highest BCUT2D eigenvalue weighted by Crippen LogP contribution is 2.28. The Hall–Kier alpha value is -0.790. The number of carbonyl (C=O) groups excluding carboxylic acids is 1. The second-order valence-electron chi connectivity index (χ2n) is 3.94. The van der Waals surface area contributed by atoms with E-state index < -0.39 is 0 Å². The van der Waals surface area contributed by atoms with Gasteiger partial charge >= 0.3 is 5.97 Å². The average Bonchev–Trinajstić information content (AvgIpc) is 2.26. The van der Waals surface area contributed by atoms with Gasteiger partial charge in [-0.3, -0.25) is 4.79 Å². The molecule has 0 bridgehead atoms. The molecule has 0 spiro atoms. The van der Waals surface area contributed by atoms with Gasteiger partial charge in [-0.25, -0.2) is 0 Å². The number of hydrogen-bond donors (Lipinski definition) is 0. The molecule has 0 aromatic heterocycles. The molecule has 14 heavy (non-hydrogen) atoms. The Labute approximate surface area is 86.3 Å². The van der Waals surface area contributed by atoms with E-state index in [0.717, 1.165) is 0 Å². The molecule has 1 saturated carbocycles. The van der Waals surface area contributed by atoms with Crippen LogP contribution in [-0.4, -0.2) is 12.1 Å². The Morgan fingerprint density at radius 3 is 2.64 bits per heavy atom. The average molecular weight is 196 g/mol. The van der Waals surface area contributed by atoms with Gasteiger partial charge in [-0.1, -0.05) is 38.8 Å². The van der Waals surface area contributed by atoms with Crippen LogP contribution in [0.4, 0.5) is 0 Å². The normalized spacial score (nSPS) is 20.1. The molecule has 1 unspecified atom stereocenters. The fraction of sp³-hybridized carbons (Fsp3) is 0.750. The first kappa shape index (κ1) is 11.3. The quantitative estimate of drug-likeness (QED) is 0.510. The topological polar surface area (TPSA) is 26.3 Å². The molecule has 1 atom stereocenters. The zero-order valence-electron chi connectivity index (χ0n) is 9.00. The molecule has 0 aromatic carbocycles. The molecule has 0 N–H and O–H groups in total. The number of hydrogen-bond acceptors (Lipinski definition) is 2. The van der Waals surface area contributed by atoms with Gasteiger partial charge in [0.25, 0.3) is 0 Å². The van der Waals surface area contributed by atoms with Crippen LogP contribution in [0.25, 0.3) is 0 Å². The minimum absolute atomic E-state index is 0.0530. The standard InChI is InChI=1S/C12H20O2/c1-3-11(14-12(13)4-2)10-8-6-5-7-9-10/h3,10-11H,1,4-9H2,2H3. The first-order valence-corrected chi connectivity index (χ1v) is 5.60. The van der Waals surface area contributed by atoms with E-state index in [1.165, 1.54) is 32.1 Å². The molecule has 0 radical (unpaired) electrons. The summed E-state index contributed by atoms with van der Waals surface area (Å²) in [6.45, 7) is 5.57. The van der Waals surface area contributed by atoms with Crippen molar-refractivity contribution in [1.29, 1.82) is 0 Å². The van der Waals surface area contributed by atoms with Gasteiger partial charge in [-0.2, -0.15) is 0 Å². The van der Waals surface area contributed by atoms with Crippen molar-refractivity contribution in [1.82, 2.24) is 0 Å². The lowest BCUT2D eigenvalue weighted by atomic mass is 9.85. The van der Waals surface area contributed by atoms with Crippen molar-refractivity contribution in [3.8, 4) is 0 Å². The maximum atomic E-state index is 11.2. The summed E-state index contributed by atoms with van der Waals surface area (Å²) in [7, 11) is 0. The summed E-state index contributed by atoms with van der Waals surface area (Å²) in [6, 6.07) is 0. The third-order valence-corrected chi connectivity index (χ3v) is 2.90. The van der Waals surface area contributed by atoms with Crippen molar-refractivity contribution >= 4 is 5.97 Å². The van der Waals surface area contributed by atoms with Crippen molar-refractivity contribution in [3.05, 3.63) is 12.7 Å². The summed E-state index contributed by atoms with van der Waals surface area (Å²) < 4.78 is 5.33. The van der Waals surface area contributed by atoms with Gasteiger partial charge in [0, 0.05) is 6.42 Å². The van der Waals surface area contributed by atoms with Crippen molar-refractivity contribution in [2.75, 3.05) is 0 Å². The monoisotopic (exact) mass is 196 g/mol. The molecule has 0 aliphatic heterocycles. The molecule has 1 aliphatic carbocycles. The van der Waals surface area contributed by atoms with Crippen LogP contribution in [0.15, 0.2) is 12.7 Å². The molecular formula is C12H20O2. The predicted molar refractivity (Wildman–Crippen MR) is 56.9 cm³/mol. The van der Waals surface area contributed by atoms with Crippen LogP contribution < -0.4 is 0 Å². The van der Waals surface area contributed by atoms with Gasteiger partial charge in [0.15, 0.2) is 0 Å². The summed E-state index contributed by atoms with van der Waals surface area (Å²) in [5.74, 6) is 0.400. The summed E-state index contributed by atoms with van der Waals surface area (Å²) in [6.07, 6.45) is 8.38. The third kappa shape index (κ3) is 3.17. The Morgan fingerprint density at radius 2 is 2.14 bits per heavy atom. The molecule has 1 aliphatic rings. The van der Waals surface area contributed by atoms with E-state index in [0.29, 0.717) is 12.3 Å². The van der Waals surface area contributed by atoms with Crippen LogP contribution in [-0.2, 0) is 9.53 Å². The largest absolute Gasteiger partial charge is 0.458 e. The van der Waals surface area contributed by atoms with E-state index in [4.69, 9.17) is 4.74 Å². The van der Waals surface area contributed by atoms with Crippen LogP contribution in [0.2, 0.25) is 0 Å². The number of carbonyl (C=O) groups is 1. The second-order valence-corrected chi connectivity index (χ2v) is 3.94. The maximum Gasteiger partial charge on any atom is 0.306 e. The number of esters is 1. The van der Waals surface area contributed by atoms with Crippen LogP contribution in [0.5, 0.6) is 0 Å². The molecule has 1 fully saturated rings. The van der Waals surface area contributed by atoms with Gasteiger partial charge < -0.3 is 4.74 Å². The van der Waals surface area contributed by atoms with Crippen molar-refractivity contribution in [2.45, 2.75) is 51.6 Å². The summed E-state index contributed by atoms with van der Waals surface area (Å²) in [5.41, 5.74) is 0. The second kappa shape index (κ2) is 5.84. The van der Waals surface area contributed by atoms with E-state index in [2.05, 4.69) is 6.58 Å².